The van der Waals surface area contributed by atoms with Crippen LogP contribution in [0.1, 0.15) is 75.2 Å². The van der Waals surface area contributed by atoms with E-state index < -0.39 is 54.1 Å². The Balaban J connectivity index is 1.69. The molecule has 1 aliphatic heterocycles. The molecule has 0 spiro atoms. The summed E-state index contributed by atoms with van der Waals surface area (Å²) in [5.41, 5.74) is 0.0926. The number of ether oxygens (including phenoxy) is 1. The smallest absolute Gasteiger partial charge is 0.325 e. The highest BCUT2D eigenvalue weighted by atomic mass is 16.5. The van der Waals surface area contributed by atoms with Gasteiger partial charge in [-0.15, -0.1) is 0 Å². The monoisotopic (exact) mass is 584 g/mol. The molecule has 3 atom stereocenters. The standard InChI is InChI=1S/C29H40N6O7/c1-3-9-20(25(37)28(40)32-18-23(36)42-16-4-2)33-27(39)22-12-8-15-35(22)29(41)24(19-10-6-5-7-11-19)34-26(38)21-17-30-13-14-31-21/h4,13-14,17,19-20,22,24H,2-3,5-12,15-16,18H2,1H3,(H,32,40)(H,33,39)(H,34,38)/t20-,22-,24-/m0/s1. The fourth-order valence-corrected chi connectivity index (χ4v) is 5.39. The van der Waals surface area contributed by atoms with E-state index in [9.17, 15) is 28.8 Å². The number of rotatable bonds is 14. The van der Waals surface area contributed by atoms with Crippen molar-refractivity contribution in [2.24, 2.45) is 5.92 Å². The highest BCUT2D eigenvalue weighted by Crippen LogP contribution is 2.29. The van der Waals surface area contributed by atoms with Gasteiger partial charge >= 0.3 is 5.97 Å². The minimum absolute atomic E-state index is 0.0284. The summed E-state index contributed by atoms with van der Waals surface area (Å²) >= 11 is 0. The number of carbonyl (C=O) groups excluding carboxylic acids is 6. The Hall–Kier alpha value is -4.16. The quantitative estimate of drug-likeness (QED) is 0.162. The third-order valence-electron chi connectivity index (χ3n) is 7.50. The van der Waals surface area contributed by atoms with Crippen LogP contribution in [0.4, 0.5) is 0 Å². The van der Waals surface area contributed by atoms with E-state index >= 15 is 0 Å². The lowest BCUT2D eigenvalue weighted by atomic mass is 9.83. The van der Waals surface area contributed by atoms with Gasteiger partial charge in [-0.05, 0) is 38.0 Å². The third kappa shape index (κ3) is 8.92. The predicted molar refractivity (Wildman–Crippen MR) is 151 cm³/mol. The van der Waals surface area contributed by atoms with E-state index in [4.69, 9.17) is 4.74 Å². The SMILES string of the molecule is C=CCOC(=O)CNC(=O)C(=O)[C@H](CCC)NC(=O)[C@@H]1CCCN1C(=O)[C@@H](NC(=O)c1cnccn1)C1CCCCC1. The molecule has 13 heteroatoms. The number of ketones is 1. The number of aromatic nitrogens is 2. The van der Waals surface area contributed by atoms with Crippen LogP contribution in [0, 0.1) is 5.92 Å². The number of likely N-dealkylation sites (tertiary alicyclic amines) is 1. The van der Waals surface area contributed by atoms with Gasteiger partial charge in [0, 0.05) is 18.9 Å². The topological polar surface area (TPSA) is 177 Å². The molecule has 42 heavy (non-hydrogen) atoms. The van der Waals surface area contributed by atoms with Crippen molar-refractivity contribution in [1.29, 1.82) is 0 Å². The lowest BCUT2D eigenvalue weighted by Gasteiger charge is -2.34. The van der Waals surface area contributed by atoms with Crippen LogP contribution in [0.2, 0.25) is 0 Å². The van der Waals surface area contributed by atoms with Crippen LogP contribution in [-0.2, 0) is 28.7 Å². The molecular weight excluding hydrogens is 544 g/mol. The van der Waals surface area contributed by atoms with Crippen molar-refractivity contribution in [2.45, 2.75) is 82.8 Å². The summed E-state index contributed by atoms with van der Waals surface area (Å²) < 4.78 is 4.78. The molecule has 3 rings (SSSR count). The first-order chi connectivity index (χ1) is 20.3. The van der Waals surface area contributed by atoms with Crippen molar-refractivity contribution in [3.63, 3.8) is 0 Å². The van der Waals surface area contributed by atoms with Crippen molar-refractivity contribution in [3.8, 4) is 0 Å². The molecule has 2 heterocycles. The van der Waals surface area contributed by atoms with E-state index in [-0.39, 0.29) is 30.5 Å². The zero-order chi connectivity index (χ0) is 30.5. The number of amides is 4. The second kappa shape index (κ2) is 16.3. The number of esters is 1. The number of carbonyl (C=O) groups is 6. The van der Waals surface area contributed by atoms with Crippen molar-refractivity contribution in [2.75, 3.05) is 19.7 Å². The molecule has 2 aliphatic rings. The Labute approximate surface area is 245 Å². The van der Waals surface area contributed by atoms with Crippen LogP contribution < -0.4 is 16.0 Å². The summed E-state index contributed by atoms with van der Waals surface area (Å²) in [6, 6.07) is -2.83. The van der Waals surface area contributed by atoms with Gasteiger partial charge in [0.05, 0.1) is 12.2 Å². The van der Waals surface area contributed by atoms with Gasteiger partial charge in [-0.25, -0.2) is 4.98 Å². The molecule has 0 aromatic carbocycles. The highest BCUT2D eigenvalue weighted by molar-refractivity contribution is 6.38. The minimum atomic E-state index is -1.13. The Morgan fingerprint density at radius 2 is 1.83 bits per heavy atom. The van der Waals surface area contributed by atoms with Crippen molar-refractivity contribution in [3.05, 3.63) is 36.9 Å². The Morgan fingerprint density at radius 3 is 2.50 bits per heavy atom. The highest BCUT2D eigenvalue weighted by Gasteiger charge is 2.42. The number of Topliss-reactive ketones (excluding diaryl/α,β-unsaturated/α-hetero) is 1. The Bertz CT molecular complexity index is 1140. The Kier molecular flexibility index (Phi) is 12.6. The molecule has 13 nitrogen and oxygen atoms in total. The summed E-state index contributed by atoms with van der Waals surface area (Å²) in [6.45, 7) is 5.02. The summed E-state index contributed by atoms with van der Waals surface area (Å²) in [7, 11) is 0. The van der Waals surface area contributed by atoms with Gasteiger partial charge in [0.2, 0.25) is 17.6 Å². The van der Waals surface area contributed by atoms with Gasteiger partial charge in [0.15, 0.2) is 0 Å². The van der Waals surface area contributed by atoms with E-state index in [0.717, 1.165) is 32.1 Å². The van der Waals surface area contributed by atoms with Crippen LogP contribution in [0.25, 0.3) is 0 Å². The zero-order valence-electron chi connectivity index (χ0n) is 24.0. The van der Waals surface area contributed by atoms with Crippen molar-refractivity contribution in [1.82, 2.24) is 30.8 Å². The molecule has 4 amide bonds. The summed E-state index contributed by atoms with van der Waals surface area (Å²) in [5, 5.41) is 7.73. The van der Waals surface area contributed by atoms with E-state index in [1.807, 2.05) is 0 Å². The first-order valence-corrected chi connectivity index (χ1v) is 14.5. The van der Waals surface area contributed by atoms with Crippen LogP contribution in [0.5, 0.6) is 0 Å². The molecule has 3 N–H and O–H groups in total. The van der Waals surface area contributed by atoms with E-state index in [2.05, 4.69) is 32.5 Å². The van der Waals surface area contributed by atoms with Gasteiger partial charge in [-0.1, -0.05) is 45.3 Å². The van der Waals surface area contributed by atoms with Crippen LogP contribution >= 0.6 is 0 Å². The van der Waals surface area contributed by atoms with Gasteiger partial charge in [-0.2, -0.15) is 0 Å². The first-order valence-electron chi connectivity index (χ1n) is 14.5. The van der Waals surface area contributed by atoms with Crippen LogP contribution in [-0.4, -0.2) is 88.1 Å². The maximum Gasteiger partial charge on any atom is 0.325 e. The van der Waals surface area contributed by atoms with Crippen molar-refractivity contribution >= 4 is 35.4 Å². The van der Waals surface area contributed by atoms with E-state index in [0.29, 0.717) is 25.8 Å². The average Bonchev–Trinajstić information content (AvgIpc) is 3.51. The lowest BCUT2D eigenvalue weighted by Crippen LogP contribution is -2.58. The average molecular weight is 585 g/mol. The summed E-state index contributed by atoms with van der Waals surface area (Å²) in [6.07, 6.45) is 11.7. The normalized spacial score (nSPS) is 18.3. The van der Waals surface area contributed by atoms with Gasteiger partial charge in [-0.3, -0.25) is 33.8 Å². The molecule has 1 aromatic rings. The largest absolute Gasteiger partial charge is 0.460 e. The fourth-order valence-electron chi connectivity index (χ4n) is 5.39. The van der Waals surface area contributed by atoms with E-state index in [1.54, 1.807) is 6.92 Å². The second-order valence-corrected chi connectivity index (χ2v) is 10.5. The fraction of sp³-hybridized carbons (Fsp3) is 0.586. The second-order valence-electron chi connectivity index (χ2n) is 10.5. The maximum absolute atomic E-state index is 13.9. The number of hydrogen-bond acceptors (Lipinski definition) is 9. The number of nitrogens with zero attached hydrogens (tertiary/aromatic N) is 3. The molecule has 228 valence electrons. The van der Waals surface area contributed by atoms with Crippen LogP contribution in [0.3, 0.4) is 0 Å². The molecule has 0 bridgehead atoms. The predicted octanol–water partition coefficient (Wildman–Crippen LogP) is 0.846. The third-order valence-corrected chi connectivity index (χ3v) is 7.50. The number of nitrogens with one attached hydrogen (secondary N) is 3. The molecule has 1 saturated carbocycles. The Morgan fingerprint density at radius 1 is 1.07 bits per heavy atom. The molecule has 0 unspecified atom stereocenters. The lowest BCUT2D eigenvalue weighted by molar-refractivity contribution is -0.145. The minimum Gasteiger partial charge on any atom is -0.460 e. The van der Waals surface area contributed by atoms with Crippen LogP contribution in [0.15, 0.2) is 31.2 Å². The molecule has 2 fully saturated rings. The molecule has 0 radical (unpaired) electrons. The molecular formula is C29H40N6O7. The maximum atomic E-state index is 13.9. The van der Waals surface area contributed by atoms with Gasteiger partial charge < -0.3 is 25.6 Å². The molecule has 1 aliphatic carbocycles. The summed E-state index contributed by atoms with van der Waals surface area (Å²) in [4.78, 5) is 86.7. The summed E-state index contributed by atoms with van der Waals surface area (Å²) in [5.74, 6) is -4.15. The molecule has 1 saturated heterocycles. The van der Waals surface area contributed by atoms with E-state index in [1.165, 1.54) is 29.6 Å². The molecule has 1 aromatic heterocycles. The number of hydrogen-bond donors (Lipinski definition) is 3. The zero-order valence-corrected chi connectivity index (χ0v) is 24.0. The van der Waals surface area contributed by atoms with Gasteiger partial charge in [0.25, 0.3) is 11.8 Å². The van der Waals surface area contributed by atoms with Crippen molar-refractivity contribution < 1.29 is 33.5 Å². The first kappa shape index (κ1) is 32.4. The van der Waals surface area contributed by atoms with Gasteiger partial charge in [0.1, 0.15) is 30.9 Å².